The number of unbranched alkanes of at least 4 members (excludes halogenated alkanes) is 1. The summed E-state index contributed by atoms with van der Waals surface area (Å²) in [7, 11) is 0. The number of carbonyl (C=O) groups excluding carboxylic acids is 15. The van der Waals surface area contributed by atoms with Gasteiger partial charge in [-0.1, -0.05) is 114 Å². The number of guanidine groups is 1. The van der Waals surface area contributed by atoms with E-state index in [1.165, 1.54) is 46.6 Å². The van der Waals surface area contributed by atoms with Crippen molar-refractivity contribution in [2.24, 2.45) is 34.8 Å². The normalized spacial score (nSPS) is 16.0. The Labute approximate surface area is 762 Å². The summed E-state index contributed by atoms with van der Waals surface area (Å²) >= 11 is 3.90. The first-order valence-electron chi connectivity index (χ1n) is 42.1. The molecule has 0 unspecified atom stereocenters. The zero-order valence-electron chi connectivity index (χ0n) is 71.4. The molecule has 7 rings (SSSR count). The van der Waals surface area contributed by atoms with Gasteiger partial charge >= 0.3 is 5.97 Å². The molecule has 4 aromatic carbocycles. The number of carbonyl (C=O) groups is 16. The van der Waals surface area contributed by atoms with Gasteiger partial charge in [-0.2, -0.15) is 0 Å². The Morgan fingerprint density at radius 3 is 1.48 bits per heavy atom. The monoisotopic (exact) mass is 1990 g/mol. The number of aromatic hydroxyl groups is 2. The van der Waals surface area contributed by atoms with E-state index in [1.807, 2.05) is 52.1 Å². The highest BCUT2D eigenvalue weighted by Gasteiger charge is 2.43. The number of carboxylic acid groups (broad SMARTS) is 1. The van der Waals surface area contributed by atoms with Crippen molar-refractivity contribution in [3.8, 4) is 11.5 Å². The van der Waals surface area contributed by atoms with Crippen LogP contribution in [0.1, 0.15) is 169 Å². The number of hydrogen-bond acceptors (Lipinski definition) is 21. The molecule has 5 aromatic rings. The topological polar surface area (TPSA) is 629 Å². The van der Waals surface area contributed by atoms with Gasteiger partial charge in [-0.15, -0.1) is 0 Å². The average Bonchev–Trinajstić information content (AvgIpc) is 1.70. The standard InChI is InChI=1S/C86H116I2N20O19/c1-6-7-16-58(75(116)106-66(85(126)127)41-49-22-26-54(109)27-23-49)100-82(123)68-19-13-34-108(68)84(125)61(29-31-70(91)111)98-71(112)44-96-81(122)67-18-12-33-107(67)83(124)60(17-11-32-95-86(92)93)101-78(119)63(36-47(4)5)103-76(117)59(28-30-69(90)110)99-77(118)62(35-46(2)3)104-79(120)64(40-48-20-24-52(25-21-48)72(113)51-14-9-8-10-15-51)105-80(121)65(42-53-43-94-45-97-53)102-74(115)57(89)39-50-37-55(87)73(114)56(88)38-50/h8-10,14-15,20-27,37-38,43,45-47,57-68,109,114H,6-7,11-13,16-19,28-36,39-42,44,89H2,1-5H3,(H2,90,110)(H2,91,111)(H,94,97)(H,96,122)(H,98,112)(H,99,118)(H,100,123)(H,101,119)(H,102,115)(H,103,117)(H,104,120)(H,105,121)(H,106,116)(H,126,127)(H4,92,93,95)/t57-,58-,59-,60-,61-,62-,63-,64-,65-,66-,67-,68-/m0/s1. The molecule has 39 nitrogen and oxygen atoms in total. The number of primary amides is 2. The smallest absolute Gasteiger partial charge is 0.326 e. The van der Waals surface area contributed by atoms with Crippen molar-refractivity contribution >= 4 is 146 Å². The zero-order chi connectivity index (χ0) is 93.3. The van der Waals surface area contributed by atoms with Gasteiger partial charge in [-0.05, 0) is 175 Å². The number of hydrogen-bond donors (Lipinski definition) is 20. The number of likely N-dealkylation sites (tertiary alicyclic amines) is 2. The third-order valence-corrected chi connectivity index (χ3v) is 22.9. The molecule has 0 bridgehead atoms. The van der Waals surface area contributed by atoms with Crippen LogP contribution in [0, 0.1) is 24.4 Å². The number of halogens is 2. The van der Waals surface area contributed by atoms with Crippen LogP contribution in [0.15, 0.2) is 104 Å². The molecular weight excluding hydrogens is 1870 g/mol. The predicted octanol–water partition coefficient (Wildman–Crippen LogP) is 0.482. The number of ketones is 1. The number of imidazole rings is 1. The molecule has 14 amide bonds. The Bertz CT molecular complexity index is 4680. The molecule has 688 valence electrons. The van der Waals surface area contributed by atoms with Crippen LogP contribution in [0.25, 0.3) is 0 Å². The molecule has 2 fully saturated rings. The number of carboxylic acids is 1. The Morgan fingerprint density at radius 2 is 0.961 bits per heavy atom. The van der Waals surface area contributed by atoms with E-state index < -0.39 is 193 Å². The van der Waals surface area contributed by atoms with E-state index in [0.717, 1.165) is 0 Å². The van der Waals surface area contributed by atoms with Gasteiger partial charge in [-0.3, -0.25) is 77.3 Å². The quantitative estimate of drug-likeness (QED) is 0.00828. The van der Waals surface area contributed by atoms with Crippen LogP contribution in [0.5, 0.6) is 11.5 Å². The molecule has 24 N–H and O–H groups in total. The summed E-state index contributed by atoms with van der Waals surface area (Å²) in [5.74, 6) is -14.8. The molecule has 0 spiro atoms. The summed E-state index contributed by atoms with van der Waals surface area (Å²) in [6.07, 6.45) is 2.15. The number of benzene rings is 4. The van der Waals surface area contributed by atoms with Gasteiger partial charge in [0.15, 0.2) is 11.7 Å². The molecule has 3 heterocycles. The Hall–Kier alpha value is -11.9. The SMILES string of the molecule is CCCC[C@H](NC(=O)[C@@H]1CCCN1C(=O)[C@H](CCC(N)=O)NC(=O)CNC(=O)[C@@H]1CCCN1C(=O)[C@H](CCCNC(=N)N)NC(=O)[C@H](CC(C)C)NC(=O)[C@H](CCC(N)=O)NC(=O)[C@H](CC(C)C)NC(=O)[C@H](Cc1ccc(C(=O)c2ccccc2)cc1)NC(=O)[C@H](Cc1cnc[nH]1)NC(=O)[C@@H](N)Cc1cc(I)c(O)c(I)c1)C(=O)N[C@@H](Cc1ccc(O)cc1)C(=O)O. The van der Waals surface area contributed by atoms with Crippen molar-refractivity contribution in [3.63, 3.8) is 0 Å². The van der Waals surface area contributed by atoms with E-state index in [-0.39, 0.29) is 132 Å². The number of rotatable bonds is 50. The number of nitrogens with zero attached hydrogens (tertiary/aromatic N) is 3. The maximum absolute atomic E-state index is 15.1. The van der Waals surface area contributed by atoms with Crippen molar-refractivity contribution in [2.75, 3.05) is 26.2 Å². The van der Waals surface area contributed by atoms with Gasteiger partial charge in [0.25, 0.3) is 0 Å². The Kier molecular flexibility index (Phi) is 40.6. The van der Waals surface area contributed by atoms with Crippen molar-refractivity contribution in [2.45, 2.75) is 229 Å². The lowest BCUT2D eigenvalue weighted by molar-refractivity contribution is -0.144. The predicted molar refractivity (Wildman–Crippen MR) is 481 cm³/mol. The molecule has 12 atom stereocenters. The summed E-state index contributed by atoms with van der Waals surface area (Å²) in [5.41, 5.74) is 25.9. The molecule has 1 aromatic heterocycles. The maximum atomic E-state index is 15.1. The summed E-state index contributed by atoms with van der Waals surface area (Å²) in [4.78, 5) is 234. The number of phenols is 2. The molecule has 127 heavy (non-hydrogen) atoms. The molecular formula is C86H116I2N20O19. The van der Waals surface area contributed by atoms with E-state index in [9.17, 15) is 87.2 Å². The van der Waals surface area contributed by atoms with Gasteiger partial charge < -0.3 is 112 Å². The molecule has 2 aliphatic heterocycles. The van der Waals surface area contributed by atoms with Gasteiger partial charge in [0.1, 0.15) is 78.0 Å². The van der Waals surface area contributed by atoms with Gasteiger partial charge in [0.05, 0.1) is 26.1 Å². The lowest BCUT2D eigenvalue weighted by atomic mass is 9.98. The number of aromatic nitrogens is 2. The summed E-state index contributed by atoms with van der Waals surface area (Å²) in [6, 6.07) is 6.99. The number of aromatic amines is 1. The zero-order valence-corrected chi connectivity index (χ0v) is 75.8. The second-order valence-corrected chi connectivity index (χ2v) is 34.7. The van der Waals surface area contributed by atoms with Crippen LogP contribution in [0.4, 0.5) is 0 Å². The fourth-order valence-electron chi connectivity index (χ4n) is 14.7. The largest absolute Gasteiger partial charge is 0.508 e. The molecule has 41 heteroatoms. The van der Waals surface area contributed by atoms with Crippen LogP contribution < -0.4 is 81.4 Å². The number of aliphatic carboxylic acids is 1. The molecule has 2 saturated heterocycles. The molecule has 2 aliphatic rings. The fourth-order valence-corrected chi connectivity index (χ4v) is 16.6. The third kappa shape index (κ3) is 32.8. The molecule has 0 radical (unpaired) electrons. The number of phenolic OH excluding ortho intramolecular Hbond substituents is 2. The minimum absolute atomic E-state index is 0.00453. The fraction of sp³-hybridized carbons (Fsp3) is 0.488. The first-order chi connectivity index (χ1) is 60.3. The van der Waals surface area contributed by atoms with Gasteiger partial charge in [0, 0.05) is 74.8 Å². The van der Waals surface area contributed by atoms with Crippen LogP contribution in [-0.2, 0) is 97.6 Å². The van der Waals surface area contributed by atoms with E-state index >= 15 is 4.79 Å². The molecule has 0 saturated carbocycles. The van der Waals surface area contributed by atoms with E-state index in [1.54, 1.807) is 94.4 Å². The van der Waals surface area contributed by atoms with Crippen LogP contribution in [0.3, 0.4) is 0 Å². The first-order valence-corrected chi connectivity index (χ1v) is 44.3. The second kappa shape index (κ2) is 50.4. The lowest BCUT2D eigenvalue weighted by Gasteiger charge is -2.31. The van der Waals surface area contributed by atoms with Crippen molar-refractivity contribution in [3.05, 3.63) is 144 Å². The number of nitrogens with one attached hydrogen (secondary N) is 13. The number of H-pyrrole nitrogens is 1. The minimum atomic E-state index is -1.65. The van der Waals surface area contributed by atoms with Crippen LogP contribution in [-0.4, -0.2) is 234 Å². The Balaban J connectivity index is 1.06. The third-order valence-electron chi connectivity index (χ3n) is 21.3. The highest BCUT2D eigenvalue weighted by Crippen LogP contribution is 2.29. The van der Waals surface area contributed by atoms with E-state index in [4.69, 9.17) is 28.3 Å². The average molecular weight is 1990 g/mol. The van der Waals surface area contributed by atoms with Gasteiger partial charge in [0.2, 0.25) is 82.7 Å². The summed E-state index contributed by atoms with van der Waals surface area (Å²) < 4.78 is 1.03. The van der Waals surface area contributed by atoms with Crippen LogP contribution in [0.2, 0.25) is 0 Å². The maximum Gasteiger partial charge on any atom is 0.326 e. The highest BCUT2D eigenvalue weighted by atomic mass is 127. The van der Waals surface area contributed by atoms with E-state index in [2.05, 4.69) is 68.5 Å². The van der Waals surface area contributed by atoms with Crippen molar-refractivity contribution in [1.82, 2.24) is 78.3 Å². The summed E-state index contributed by atoms with van der Waals surface area (Å²) in [5, 5.41) is 67.1. The second-order valence-electron chi connectivity index (χ2n) is 32.4. The summed E-state index contributed by atoms with van der Waals surface area (Å²) in [6.45, 7) is 8.04. The highest BCUT2D eigenvalue weighted by molar-refractivity contribution is 14.1. The lowest BCUT2D eigenvalue weighted by Crippen LogP contribution is -2.61. The minimum Gasteiger partial charge on any atom is -0.508 e. The van der Waals surface area contributed by atoms with Crippen molar-refractivity contribution in [1.29, 1.82) is 5.41 Å². The first kappa shape index (κ1) is 102. The van der Waals surface area contributed by atoms with Crippen LogP contribution >= 0.6 is 45.2 Å². The number of amides is 14. The van der Waals surface area contributed by atoms with Crippen molar-refractivity contribution < 1.29 is 92.0 Å². The van der Waals surface area contributed by atoms with E-state index in [0.29, 0.717) is 59.9 Å². The molecule has 0 aliphatic carbocycles. The number of nitrogens with two attached hydrogens (primary N) is 4. The Morgan fingerprint density at radius 1 is 0.512 bits per heavy atom. The van der Waals surface area contributed by atoms with Gasteiger partial charge in [-0.25, -0.2) is 9.78 Å².